The molecule has 0 saturated heterocycles. The summed E-state index contributed by atoms with van der Waals surface area (Å²) in [6.07, 6.45) is 2.13. The van der Waals surface area contributed by atoms with Crippen molar-refractivity contribution in [1.82, 2.24) is 19.4 Å². The molecule has 0 bridgehead atoms. The molecule has 4 rings (SSSR count). The molecule has 2 heterocycles. The average Bonchev–Trinajstić information content (AvgIpc) is 3.03. The number of carbonyl (C=O) groups excluding carboxylic acids is 1. The van der Waals surface area contributed by atoms with E-state index in [0.717, 1.165) is 22.5 Å². The van der Waals surface area contributed by atoms with Crippen LogP contribution in [-0.2, 0) is 17.8 Å². The van der Waals surface area contributed by atoms with Crippen LogP contribution in [0.2, 0.25) is 5.02 Å². The minimum absolute atomic E-state index is 0.0720. The number of nitrogens with zero attached hydrogens (tertiary/aromatic N) is 3. The SMILES string of the molecule is Cc1c(C)n(-c2ccccc2)c2ncn(CC(=O)NCCc3ccc(Cl)cc3)c(=O)c12. The van der Waals surface area contributed by atoms with Crippen molar-refractivity contribution in [2.45, 2.75) is 26.8 Å². The summed E-state index contributed by atoms with van der Waals surface area (Å²) in [5.41, 5.74) is 4.24. The van der Waals surface area contributed by atoms with E-state index in [1.54, 1.807) is 0 Å². The van der Waals surface area contributed by atoms with Gasteiger partial charge in [0.2, 0.25) is 5.91 Å². The summed E-state index contributed by atoms with van der Waals surface area (Å²) in [7, 11) is 0. The van der Waals surface area contributed by atoms with Crippen molar-refractivity contribution in [2.24, 2.45) is 0 Å². The molecular weight excluding hydrogens is 412 g/mol. The Morgan fingerprint density at radius 3 is 2.48 bits per heavy atom. The van der Waals surface area contributed by atoms with E-state index in [0.29, 0.717) is 29.0 Å². The lowest BCUT2D eigenvalue weighted by Gasteiger charge is -2.09. The van der Waals surface area contributed by atoms with Gasteiger partial charge in [0.1, 0.15) is 12.9 Å². The zero-order valence-electron chi connectivity index (χ0n) is 17.4. The first-order valence-electron chi connectivity index (χ1n) is 10.1. The molecule has 0 aliphatic rings. The zero-order valence-corrected chi connectivity index (χ0v) is 18.2. The lowest BCUT2D eigenvalue weighted by atomic mass is 10.1. The van der Waals surface area contributed by atoms with Crippen LogP contribution in [-0.4, -0.2) is 26.6 Å². The van der Waals surface area contributed by atoms with E-state index in [2.05, 4.69) is 10.3 Å². The van der Waals surface area contributed by atoms with Crippen LogP contribution in [0.25, 0.3) is 16.7 Å². The number of aromatic nitrogens is 3. The Labute approximate surface area is 185 Å². The number of hydrogen-bond acceptors (Lipinski definition) is 3. The fourth-order valence-corrected chi connectivity index (χ4v) is 3.83. The molecule has 31 heavy (non-hydrogen) atoms. The number of nitrogens with one attached hydrogen (secondary N) is 1. The number of hydrogen-bond donors (Lipinski definition) is 1. The predicted molar refractivity (Wildman–Crippen MR) is 123 cm³/mol. The number of amides is 1. The molecule has 2 aromatic carbocycles. The number of fused-ring (bicyclic) bond motifs is 1. The molecule has 0 fully saturated rings. The maximum Gasteiger partial charge on any atom is 0.263 e. The van der Waals surface area contributed by atoms with Crippen molar-refractivity contribution in [2.75, 3.05) is 6.54 Å². The summed E-state index contributed by atoms with van der Waals surface area (Å²) in [5, 5.41) is 4.08. The van der Waals surface area contributed by atoms with E-state index < -0.39 is 0 Å². The number of aryl methyl sites for hydroxylation is 1. The maximum absolute atomic E-state index is 13.1. The van der Waals surface area contributed by atoms with Crippen molar-refractivity contribution in [3.63, 3.8) is 0 Å². The fourth-order valence-electron chi connectivity index (χ4n) is 3.70. The van der Waals surface area contributed by atoms with E-state index in [1.807, 2.05) is 73.0 Å². The number of carbonyl (C=O) groups is 1. The van der Waals surface area contributed by atoms with Gasteiger partial charge in [-0.3, -0.25) is 18.7 Å². The van der Waals surface area contributed by atoms with E-state index >= 15 is 0 Å². The second kappa shape index (κ2) is 8.78. The molecule has 1 N–H and O–H groups in total. The monoisotopic (exact) mass is 434 g/mol. The first-order chi connectivity index (χ1) is 15.0. The smallest absolute Gasteiger partial charge is 0.263 e. The van der Waals surface area contributed by atoms with Crippen molar-refractivity contribution in [3.05, 3.63) is 93.1 Å². The number of para-hydroxylation sites is 1. The van der Waals surface area contributed by atoms with Crippen molar-refractivity contribution < 1.29 is 4.79 Å². The molecule has 7 heteroatoms. The van der Waals surface area contributed by atoms with Gasteiger partial charge in [-0.1, -0.05) is 41.9 Å². The van der Waals surface area contributed by atoms with Crippen molar-refractivity contribution in [1.29, 1.82) is 0 Å². The second-order valence-electron chi connectivity index (χ2n) is 7.48. The summed E-state index contributed by atoms with van der Waals surface area (Å²) in [5.74, 6) is -0.228. The van der Waals surface area contributed by atoms with Crippen LogP contribution in [0.4, 0.5) is 0 Å². The summed E-state index contributed by atoms with van der Waals surface area (Å²) in [6.45, 7) is 4.29. The van der Waals surface area contributed by atoms with Gasteiger partial charge in [0.05, 0.1) is 5.39 Å². The van der Waals surface area contributed by atoms with E-state index in [4.69, 9.17) is 11.6 Å². The Morgan fingerprint density at radius 2 is 1.77 bits per heavy atom. The van der Waals surface area contributed by atoms with Crippen LogP contribution in [0, 0.1) is 13.8 Å². The van der Waals surface area contributed by atoms with Crippen LogP contribution >= 0.6 is 11.6 Å². The molecule has 0 saturated carbocycles. The standard InChI is InChI=1S/C24H23ClN4O2/c1-16-17(2)29(20-6-4-3-5-7-20)23-22(16)24(31)28(15-27-23)14-21(30)26-13-12-18-8-10-19(25)11-9-18/h3-11,15H,12-14H2,1-2H3,(H,26,30). The van der Waals surface area contributed by atoms with Crippen LogP contribution in [0.1, 0.15) is 16.8 Å². The molecule has 0 unspecified atom stereocenters. The van der Waals surface area contributed by atoms with Crippen LogP contribution in [0.5, 0.6) is 0 Å². The first kappa shape index (κ1) is 20.9. The highest BCUT2D eigenvalue weighted by Crippen LogP contribution is 2.24. The average molecular weight is 435 g/mol. The van der Waals surface area contributed by atoms with Gasteiger partial charge in [-0.05, 0) is 55.7 Å². The molecule has 158 valence electrons. The first-order valence-corrected chi connectivity index (χ1v) is 10.5. The highest BCUT2D eigenvalue weighted by molar-refractivity contribution is 6.30. The van der Waals surface area contributed by atoms with E-state index in [1.165, 1.54) is 10.9 Å². The molecule has 0 radical (unpaired) electrons. The number of halogens is 1. The molecule has 6 nitrogen and oxygen atoms in total. The summed E-state index contributed by atoms with van der Waals surface area (Å²) < 4.78 is 3.34. The third kappa shape index (κ3) is 4.25. The van der Waals surface area contributed by atoms with Gasteiger partial charge in [0.15, 0.2) is 5.65 Å². The zero-order chi connectivity index (χ0) is 22.0. The molecule has 0 spiro atoms. The third-order valence-electron chi connectivity index (χ3n) is 5.46. The minimum Gasteiger partial charge on any atom is -0.354 e. The number of benzene rings is 2. The summed E-state index contributed by atoms with van der Waals surface area (Å²) in [6, 6.07) is 17.3. The van der Waals surface area contributed by atoms with Gasteiger partial charge in [0, 0.05) is 22.9 Å². The van der Waals surface area contributed by atoms with Gasteiger partial charge >= 0.3 is 0 Å². The van der Waals surface area contributed by atoms with Gasteiger partial charge in [-0.2, -0.15) is 0 Å². The maximum atomic E-state index is 13.1. The molecule has 0 atom stereocenters. The van der Waals surface area contributed by atoms with Gasteiger partial charge < -0.3 is 5.32 Å². The molecule has 0 aliphatic carbocycles. The van der Waals surface area contributed by atoms with Crippen LogP contribution in [0.3, 0.4) is 0 Å². The molecule has 2 aromatic heterocycles. The van der Waals surface area contributed by atoms with Gasteiger partial charge in [-0.15, -0.1) is 0 Å². The molecule has 1 amide bonds. The highest BCUT2D eigenvalue weighted by Gasteiger charge is 2.18. The van der Waals surface area contributed by atoms with Crippen LogP contribution in [0.15, 0.2) is 65.7 Å². The van der Waals surface area contributed by atoms with E-state index in [9.17, 15) is 9.59 Å². The lowest BCUT2D eigenvalue weighted by molar-refractivity contribution is -0.121. The molecular formula is C24H23ClN4O2. The second-order valence-corrected chi connectivity index (χ2v) is 7.92. The normalized spacial score (nSPS) is 11.1. The number of rotatable bonds is 6. The van der Waals surface area contributed by atoms with Crippen molar-refractivity contribution in [3.8, 4) is 5.69 Å². The Hall–Kier alpha value is -3.38. The Balaban J connectivity index is 1.53. The predicted octanol–water partition coefficient (Wildman–Crippen LogP) is 3.82. The summed E-state index contributed by atoms with van der Waals surface area (Å²) in [4.78, 5) is 30.0. The Kier molecular flexibility index (Phi) is 5.91. The lowest BCUT2D eigenvalue weighted by Crippen LogP contribution is -2.33. The minimum atomic E-state index is -0.228. The fraction of sp³-hybridized carbons (Fsp3) is 0.208. The summed E-state index contributed by atoms with van der Waals surface area (Å²) >= 11 is 5.89. The largest absolute Gasteiger partial charge is 0.354 e. The van der Waals surface area contributed by atoms with Gasteiger partial charge in [0.25, 0.3) is 5.56 Å². The van der Waals surface area contributed by atoms with E-state index in [-0.39, 0.29) is 18.0 Å². The topological polar surface area (TPSA) is 68.9 Å². The molecule has 4 aromatic rings. The third-order valence-corrected chi connectivity index (χ3v) is 5.71. The van der Waals surface area contributed by atoms with Crippen molar-refractivity contribution >= 4 is 28.5 Å². The highest BCUT2D eigenvalue weighted by atomic mass is 35.5. The Bertz CT molecular complexity index is 1290. The van der Waals surface area contributed by atoms with Crippen LogP contribution < -0.4 is 10.9 Å². The quantitative estimate of drug-likeness (QED) is 0.501. The van der Waals surface area contributed by atoms with Gasteiger partial charge in [-0.25, -0.2) is 4.98 Å². The Morgan fingerprint density at radius 1 is 1.06 bits per heavy atom. The molecule has 0 aliphatic heterocycles.